The Bertz CT molecular complexity index is 656. The maximum absolute atomic E-state index is 12.8. The van der Waals surface area contributed by atoms with Gasteiger partial charge in [0.05, 0.1) is 6.10 Å². The average molecular weight is 367 g/mol. The maximum Gasteiger partial charge on any atom is 0.341 e. The number of hydrogen-bond acceptors (Lipinski definition) is 8. The predicted molar refractivity (Wildman–Crippen MR) is 89.1 cm³/mol. The number of carbonyl (C=O) groups excluding carboxylic acids is 3. The normalized spacial score (nSPS) is 41.8. The van der Waals surface area contributed by atoms with E-state index in [4.69, 9.17) is 14.2 Å². The van der Waals surface area contributed by atoms with Crippen LogP contribution in [-0.4, -0.2) is 65.9 Å². The van der Waals surface area contributed by atoms with Gasteiger partial charge in [0, 0.05) is 18.5 Å². The van der Waals surface area contributed by atoms with Gasteiger partial charge in [0.25, 0.3) is 0 Å². The van der Waals surface area contributed by atoms with E-state index < -0.39 is 41.3 Å². The highest BCUT2D eigenvalue weighted by atomic mass is 16.7. The number of nitrogens with one attached hydrogen (secondary N) is 1. The highest BCUT2D eigenvalue weighted by molar-refractivity contribution is 6.01. The first-order valence-electron chi connectivity index (χ1n) is 8.91. The van der Waals surface area contributed by atoms with Crippen molar-refractivity contribution in [2.45, 2.75) is 57.0 Å². The number of cyclic esters (lactones) is 1. The molecule has 0 amide bonds. The summed E-state index contributed by atoms with van der Waals surface area (Å²) in [5, 5.41) is 13.7. The Morgan fingerprint density at radius 1 is 1.23 bits per heavy atom. The summed E-state index contributed by atoms with van der Waals surface area (Å²) in [4.78, 5) is 37.9. The smallest absolute Gasteiger partial charge is 0.341 e. The van der Waals surface area contributed by atoms with Crippen LogP contribution < -0.4 is 5.32 Å². The van der Waals surface area contributed by atoms with E-state index in [1.54, 1.807) is 19.9 Å². The molecule has 1 spiro atoms. The number of aliphatic hydroxyl groups is 1. The second-order valence-corrected chi connectivity index (χ2v) is 7.46. The second-order valence-electron chi connectivity index (χ2n) is 7.46. The molecular weight excluding hydrogens is 342 g/mol. The fourth-order valence-electron chi connectivity index (χ4n) is 3.38. The summed E-state index contributed by atoms with van der Waals surface area (Å²) in [6.07, 6.45) is 0.670. The van der Waals surface area contributed by atoms with Crippen LogP contribution in [0, 0.1) is 5.92 Å². The van der Waals surface area contributed by atoms with Crippen LogP contribution in [0.2, 0.25) is 0 Å². The first-order chi connectivity index (χ1) is 12.2. The van der Waals surface area contributed by atoms with Crippen LogP contribution in [-0.2, 0) is 28.6 Å². The second kappa shape index (κ2) is 6.75. The summed E-state index contributed by atoms with van der Waals surface area (Å²) in [5.41, 5.74) is -2.82. The van der Waals surface area contributed by atoms with E-state index in [1.165, 1.54) is 6.92 Å². The monoisotopic (exact) mass is 367 g/mol. The Morgan fingerprint density at radius 3 is 2.58 bits per heavy atom. The number of rotatable bonds is 0. The van der Waals surface area contributed by atoms with Crippen LogP contribution in [0.3, 0.4) is 0 Å². The molecular formula is C18H25NO7. The molecule has 2 fully saturated rings. The topological polar surface area (TPSA) is 114 Å². The molecule has 3 heterocycles. The third kappa shape index (κ3) is 3.28. The molecule has 8 heteroatoms. The van der Waals surface area contributed by atoms with Gasteiger partial charge < -0.3 is 24.6 Å². The molecule has 2 N–H and O–H groups in total. The molecule has 0 aromatic carbocycles. The number of fused-ring (bicyclic) bond motifs is 2. The number of esters is 2. The van der Waals surface area contributed by atoms with Gasteiger partial charge in [-0.15, -0.1) is 0 Å². The van der Waals surface area contributed by atoms with Crippen molar-refractivity contribution < 1.29 is 33.7 Å². The van der Waals surface area contributed by atoms with E-state index in [9.17, 15) is 19.5 Å². The van der Waals surface area contributed by atoms with Crippen molar-refractivity contribution in [1.29, 1.82) is 0 Å². The van der Waals surface area contributed by atoms with Crippen LogP contribution >= 0.6 is 0 Å². The number of carbonyl (C=O) groups is 3. The van der Waals surface area contributed by atoms with Crippen LogP contribution in [0.25, 0.3) is 0 Å². The van der Waals surface area contributed by atoms with Gasteiger partial charge in [-0.2, -0.15) is 0 Å². The molecule has 8 nitrogen and oxygen atoms in total. The zero-order valence-corrected chi connectivity index (χ0v) is 15.2. The van der Waals surface area contributed by atoms with Gasteiger partial charge in [0.2, 0.25) is 5.78 Å². The molecule has 26 heavy (non-hydrogen) atoms. The SMILES string of the molecule is CC1CC2(OC2C)C(=O)OC2CCNCC=C(COC(=O)C1(C)O)C2=O. The Hall–Kier alpha value is -1.77. The minimum Gasteiger partial charge on any atom is -0.459 e. The molecule has 0 aromatic heterocycles. The first kappa shape index (κ1) is 19.0. The highest BCUT2D eigenvalue weighted by Crippen LogP contribution is 2.45. The summed E-state index contributed by atoms with van der Waals surface area (Å²) in [5.74, 6) is -2.45. The van der Waals surface area contributed by atoms with Gasteiger partial charge in [-0.05, 0) is 32.7 Å². The molecule has 5 atom stereocenters. The van der Waals surface area contributed by atoms with Gasteiger partial charge in [0.1, 0.15) is 6.61 Å². The lowest BCUT2D eigenvalue weighted by Crippen LogP contribution is -2.48. The predicted octanol–water partition coefficient (Wildman–Crippen LogP) is -0.121. The fourth-order valence-corrected chi connectivity index (χ4v) is 3.38. The van der Waals surface area contributed by atoms with Crippen molar-refractivity contribution in [3.63, 3.8) is 0 Å². The van der Waals surface area contributed by atoms with Gasteiger partial charge >= 0.3 is 11.9 Å². The van der Waals surface area contributed by atoms with Gasteiger partial charge in [-0.1, -0.05) is 13.0 Å². The van der Waals surface area contributed by atoms with Crippen molar-refractivity contribution in [1.82, 2.24) is 5.32 Å². The lowest BCUT2D eigenvalue weighted by Gasteiger charge is -2.31. The summed E-state index contributed by atoms with van der Waals surface area (Å²) < 4.78 is 16.2. The van der Waals surface area contributed by atoms with Gasteiger partial charge in [-0.25, -0.2) is 9.59 Å². The van der Waals surface area contributed by atoms with Crippen molar-refractivity contribution >= 4 is 17.7 Å². The summed E-state index contributed by atoms with van der Waals surface area (Å²) >= 11 is 0. The molecule has 0 saturated carbocycles. The largest absolute Gasteiger partial charge is 0.459 e. The molecule has 2 bridgehead atoms. The Morgan fingerprint density at radius 2 is 1.92 bits per heavy atom. The number of ether oxygens (including phenoxy) is 3. The van der Waals surface area contributed by atoms with Crippen LogP contribution in [0.15, 0.2) is 11.6 Å². The molecule has 3 aliphatic rings. The molecule has 3 aliphatic heterocycles. The molecule has 0 radical (unpaired) electrons. The van der Waals surface area contributed by atoms with E-state index in [2.05, 4.69) is 5.32 Å². The summed E-state index contributed by atoms with van der Waals surface area (Å²) in [7, 11) is 0. The van der Waals surface area contributed by atoms with E-state index >= 15 is 0 Å². The van der Waals surface area contributed by atoms with Crippen LogP contribution in [0.1, 0.15) is 33.6 Å². The number of epoxide rings is 1. The summed E-state index contributed by atoms with van der Waals surface area (Å²) in [6.45, 7) is 5.41. The zero-order chi connectivity index (χ0) is 19.1. The Kier molecular flexibility index (Phi) is 4.94. The van der Waals surface area contributed by atoms with Crippen molar-refractivity contribution in [2.24, 2.45) is 5.92 Å². The van der Waals surface area contributed by atoms with E-state index in [1.807, 2.05) is 0 Å². The standard InChI is InChI=1S/C18H25NO7/c1-10-8-18(11(2)26-18)16(22)25-13-5-7-19-6-4-12(14(13)20)9-24-15(21)17(10,3)23/h4,10-11,13,19,23H,5-9H2,1-3H3. The van der Waals surface area contributed by atoms with Crippen molar-refractivity contribution in [2.75, 3.05) is 19.7 Å². The van der Waals surface area contributed by atoms with Crippen molar-refractivity contribution in [3.8, 4) is 0 Å². The minimum absolute atomic E-state index is 0.0942. The van der Waals surface area contributed by atoms with E-state index in [0.29, 0.717) is 19.5 Å². The number of ketones is 1. The maximum atomic E-state index is 12.8. The molecule has 144 valence electrons. The lowest BCUT2D eigenvalue weighted by atomic mass is 9.82. The number of hydrogen-bond donors (Lipinski definition) is 2. The van der Waals surface area contributed by atoms with Crippen LogP contribution in [0.5, 0.6) is 0 Å². The third-order valence-electron chi connectivity index (χ3n) is 5.61. The first-order valence-corrected chi connectivity index (χ1v) is 8.91. The Labute approximate surface area is 151 Å². The molecule has 2 saturated heterocycles. The van der Waals surface area contributed by atoms with Gasteiger partial charge in [-0.3, -0.25) is 4.79 Å². The minimum atomic E-state index is -1.82. The molecule has 0 aliphatic carbocycles. The van der Waals surface area contributed by atoms with Crippen molar-refractivity contribution in [3.05, 3.63) is 11.6 Å². The van der Waals surface area contributed by atoms with Crippen LogP contribution in [0.4, 0.5) is 0 Å². The third-order valence-corrected chi connectivity index (χ3v) is 5.61. The molecule has 3 rings (SSSR count). The molecule has 5 unspecified atom stereocenters. The lowest BCUT2D eigenvalue weighted by molar-refractivity contribution is -0.173. The quantitative estimate of drug-likeness (QED) is 0.450. The zero-order valence-electron chi connectivity index (χ0n) is 15.2. The number of Topliss-reactive ketones (excluding diaryl/α,β-unsaturated/α-hetero) is 1. The van der Waals surface area contributed by atoms with E-state index in [0.717, 1.165) is 0 Å². The highest BCUT2D eigenvalue weighted by Gasteiger charge is 2.63. The average Bonchev–Trinajstić information content (AvgIpc) is 3.23. The van der Waals surface area contributed by atoms with Gasteiger partial charge in [0.15, 0.2) is 17.3 Å². The fraction of sp³-hybridized carbons (Fsp3) is 0.722. The summed E-state index contributed by atoms with van der Waals surface area (Å²) in [6, 6.07) is 0. The molecule has 0 aromatic rings. The Balaban J connectivity index is 1.96. The van der Waals surface area contributed by atoms with E-state index in [-0.39, 0.29) is 24.4 Å².